The van der Waals surface area contributed by atoms with Gasteiger partial charge < -0.3 is 15.0 Å². The van der Waals surface area contributed by atoms with Crippen molar-refractivity contribution in [3.63, 3.8) is 0 Å². The minimum Gasteiger partial charge on any atom is -0.497 e. The first-order chi connectivity index (χ1) is 12.6. The highest BCUT2D eigenvalue weighted by Crippen LogP contribution is 2.25. The predicted octanol–water partition coefficient (Wildman–Crippen LogP) is 4.18. The van der Waals surface area contributed by atoms with E-state index in [4.69, 9.17) is 4.74 Å². The summed E-state index contributed by atoms with van der Waals surface area (Å²) in [4.78, 5) is 20.2. The van der Waals surface area contributed by atoms with Crippen LogP contribution in [0.25, 0.3) is 11.0 Å². The van der Waals surface area contributed by atoms with E-state index in [1.54, 1.807) is 7.11 Å². The molecule has 3 rings (SSSR count). The van der Waals surface area contributed by atoms with Gasteiger partial charge >= 0.3 is 0 Å². The molecule has 2 N–H and O–H groups in total. The number of H-pyrrole nitrogens is 1. The number of nitrogens with one attached hydrogen (secondary N) is 2. The minimum atomic E-state index is -0.0373. The van der Waals surface area contributed by atoms with E-state index < -0.39 is 0 Å². The molecule has 136 valence electrons. The van der Waals surface area contributed by atoms with Crippen molar-refractivity contribution in [1.29, 1.82) is 0 Å². The normalized spacial score (nSPS) is 12.3. The maximum absolute atomic E-state index is 12.4. The summed E-state index contributed by atoms with van der Waals surface area (Å²) in [5, 5.41) is 3.89. The minimum absolute atomic E-state index is 0.00928. The molecule has 0 fully saturated rings. The molecule has 5 nitrogen and oxygen atoms in total. The van der Waals surface area contributed by atoms with Crippen molar-refractivity contribution in [2.24, 2.45) is 5.92 Å². The van der Waals surface area contributed by atoms with Gasteiger partial charge in [0.1, 0.15) is 5.75 Å². The molecular weight excluding hydrogens is 346 g/mol. The molecular formula is C20H23N3O2S. The number of aromatic amines is 1. The van der Waals surface area contributed by atoms with Gasteiger partial charge in [-0.25, -0.2) is 4.98 Å². The molecule has 0 saturated carbocycles. The van der Waals surface area contributed by atoms with Crippen LogP contribution in [0.2, 0.25) is 0 Å². The molecule has 0 aliphatic heterocycles. The molecule has 26 heavy (non-hydrogen) atoms. The van der Waals surface area contributed by atoms with Crippen LogP contribution >= 0.6 is 11.8 Å². The fourth-order valence-electron chi connectivity index (χ4n) is 2.79. The Morgan fingerprint density at radius 1 is 1.19 bits per heavy atom. The number of nitrogens with zero attached hydrogens (tertiary/aromatic N) is 1. The number of para-hydroxylation sites is 2. The first-order valence-corrected chi connectivity index (χ1v) is 9.56. The molecule has 3 aromatic rings. The SMILES string of the molecule is COc1ccc(C(NC(=O)CSc2nc3ccccc3[nH]2)C(C)C)cc1. The van der Waals surface area contributed by atoms with Gasteiger partial charge in [0.2, 0.25) is 5.91 Å². The van der Waals surface area contributed by atoms with E-state index in [9.17, 15) is 4.79 Å². The number of hydrogen-bond acceptors (Lipinski definition) is 4. The second-order valence-electron chi connectivity index (χ2n) is 6.41. The van der Waals surface area contributed by atoms with Gasteiger partial charge in [0.05, 0.1) is 29.9 Å². The third kappa shape index (κ3) is 4.38. The lowest BCUT2D eigenvalue weighted by atomic mass is 9.96. The Morgan fingerprint density at radius 3 is 2.58 bits per heavy atom. The lowest BCUT2D eigenvalue weighted by Crippen LogP contribution is -2.33. The molecule has 0 aliphatic rings. The van der Waals surface area contributed by atoms with Crippen LogP contribution in [0.4, 0.5) is 0 Å². The number of thioether (sulfide) groups is 1. The van der Waals surface area contributed by atoms with Crippen LogP contribution in [-0.2, 0) is 4.79 Å². The maximum Gasteiger partial charge on any atom is 0.230 e. The zero-order valence-electron chi connectivity index (χ0n) is 15.2. The lowest BCUT2D eigenvalue weighted by Gasteiger charge is -2.23. The Labute approximate surface area is 157 Å². The fraction of sp³-hybridized carbons (Fsp3) is 0.300. The number of methoxy groups -OCH3 is 1. The molecule has 0 radical (unpaired) electrons. The van der Waals surface area contributed by atoms with Crippen LogP contribution in [0.5, 0.6) is 5.75 Å². The van der Waals surface area contributed by atoms with E-state index in [1.807, 2.05) is 48.5 Å². The molecule has 0 aliphatic carbocycles. The standard InChI is InChI=1S/C20H23N3O2S/c1-13(2)19(14-8-10-15(25-3)11-9-14)23-18(24)12-26-20-21-16-6-4-5-7-17(16)22-20/h4-11,13,19H,12H2,1-3H3,(H,21,22)(H,23,24). The second-order valence-corrected chi connectivity index (χ2v) is 7.37. The molecule has 0 saturated heterocycles. The summed E-state index contributed by atoms with van der Waals surface area (Å²) < 4.78 is 5.20. The number of rotatable bonds is 7. The Balaban J connectivity index is 1.62. The van der Waals surface area contributed by atoms with Crippen molar-refractivity contribution in [1.82, 2.24) is 15.3 Å². The highest BCUT2D eigenvalue weighted by molar-refractivity contribution is 7.99. The summed E-state index contributed by atoms with van der Waals surface area (Å²) >= 11 is 1.41. The first kappa shape index (κ1) is 18.3. The van der Waals surface area contributed by atoms with Crippen LogP contribution in [-0.4, -0.2) is 28.7 Å². The third-order valence-corrected chi connectivity index (χ3v) is 5.04. The Hall–Kier alpha value is -2.47. The van der Waals surface area contributed by atoms with Crippen molar-refractivity contribution in [2.45, 2.75) is 25.0 Å². The number of fused-ring (bicyclic) bond motifs is 1. The summed E-state index contributed by atoms with van der Waals surface area (Å²) in [7, 11) is 1.64. The monoisotopic (exact) mass is 369 g/mol. The van der Waals surface area contributed by atoms with Gasteiger partial charge in [-0.05, 0) is 35.7 Å². The molecule has 1 amide bonds. The van der Waals surface area contributed by atoms with Crippen molar-refractivity contribution >= 4 is 28.7 Å². The van der Waals surface area contributed by atoms with Crippen LogP contribution < -0.4 is 10.1 Å². The van der Waals surface area contributed by atoms with E-state index in [0.717, 1.165) is 27.5 Å². The third-order valence-electron chi connectivity index (χ3n) is 4.17. The zero-order valence-corrected chi connectivity index (χ0v) is 16.0. The summed E-state index contributed by atoms with van der Waals surface area (Å²) in [6.07, 6.45) is 0. The Bertz CT molecular complexity index is 841. The van der Waals surface area contributed by atoms with Gasteiger partial charge in [-0.15, -0.1) is 0 Å². The molecule has 1 unspecified atom stereocenters. The Morgan fingerprint density at radius 2 is 1.92 bits per heavy atom. The maximum atomic E-state index is 12.4. The smallest absolute Gasteiger partial charge is 0.230 e. The molecule has 1 heterocycles. The van der Waals surface area contributed by atoms with Crippen LogP contribution in [0, 0.1) is 5.92 Å². The average molecular weight is 369 g/mol. The van der Waals surface area contributed by atoms with Gasteiger partial charge in [-0.1, -0.05) is 49.9 Å². The molecule has 0 spiro atoms. The molecule has 6 heteroatoms. The van der Waals surface area contributed by atoms with E-state index in [0.29, 0.717) is 5.75 Å². The largest absolute Gasteiger partial charge is 0.497 e. The number of benzene rings is 2. The predicted molar refractivity (Wildman–Crippen MR) is 106 cm³/mol. The van der Waals surface area contributed by atoms with Gasteiger partial charge in [-0.2, -0.15) is 0 Å². The van der Waals surface area contributed by atoms with Gasteiger partial charge in [0.15, 0.2) is 5.16 Å². The number of hydrogen-bond donors (Lipinski definition) is 2. The molecule has 2 aromatic carbocycles. The van der Waals surface area contributed by atoms with Crippen molar-refractivity contribution in [3.05, 3.63) is 54.1 Å². The van der Waals surface area contributed by atoms with Crippen molar-refractivity contribution in [3.8, 4) is 5.75 Å². The van der Waals surface area contributed by atoms with Gasteiger partial charge in [0, 0.05) is 0 Å². The number of imidazole rings is 1. The number of carbonyl (C=O) groups excluding carboxylic acids is 1. The Kier molecular flexibility index (Phi) is 5.83. The zero-order chi connectivity index (χ0) is 18.5. The summed E-state index contributed by atoms with van der Waals surface area (Å²) in [6, 6.07) is 15.6. The first-order valence-electron chi connectivity index (χ1n) is 8.57. The van der Waals surface area contributed by atoms with Crippen LogP contribution in [0.15, 0.2) is 53.7 Å². The number of ether oxygens (including phenoxy) is 1. The highest BCUT2D eigenvalue weighted by Gasteiger charge is 2.19. The summed E-state index contributed by atoms with van der Waals surface area (Å²) in [6.45, 7) is 4.20. The highest BCUT2D eigenvalue weighted by atomic mass is 32.2. The van der Waals surface area contributed by atoms with Gasteiger partial charge in [-0.3, -0.25) is 4.79 Å². The van der Waals surface area contributed by atoms with Crippen molar-refractivity contribution in [2.75, 3.05) is 12.9 Å². The van der Waals surface area contributed by atoms with E-state index in [2.05, 4.69) is 29.1 Å². The number of amides is 1. The number of carbonyl (C=O) groups is 1. The molecule has 0 bridgehead atoms. The van der Waals surface area contributed by atoms with E-state index >= 15 is 0 Å². The van der Waals surface area contributed by atoms with E-state index in [-0.39, 0.29) is 17.9 Å². The summed E-state index contributed by atoms with van der Waals surface area (Å²) in [5.41, 5.74) is 2.96. The fourth-order valence-corrected chi connectivity index (χ4v) is 3.49. The summed E-state index contributed by atoms with van der Waals surface area (Å²) in [5.74, 6) is 1.40. The lowest BCUT2D eigenvalue weighted by molar-refractivity contribution is -0.119. The average Bonchev–Trinajstić information content (AvgIpc) is 3.07. The van der Waals surface area contributed by atoms with Crippen LogP contribution in [0.3, 0.4) is 0 Å². The van der Waals surface area contributed by atoms with E-state index in [1.165, 1.54) is 11.8 Å². The van der Waals surface area contributed by atoms with Crippen molar-refractivity contribution < 1.29 is 9.53 Å². The molecule has 1 atom stereocenters. The number of aromatic nitrogens is 2. The van der Waals surface area contributed by atoms with Crippen LogP contribution in [0.1, 0.15) is 25.5 Å². The topological polar surface area (TPSA) is 67.0 Å². The second kappa shape index (κ2) is 8.27. The quantitative estimate of drug-likeness (QED) is 0.613. The van der Waals surface area contributed by atoms with Gasteiger partial charge in [0.25, 0.3) is 0 Å². The molecule has 1 aromatic heterocycles.